The summed E-state index contributed by atoms with van der Waals surface area (Å²) in [6.45, 7) is 9.26. The minimum absolute atomic E-state index is 0. The number of fused-ring (bicyclic) bond motifs is 1. The van der Waals surface area contributed by atoms with Crippen LogP contribution in [0.3, 0.4) is 0 Å². The van der Waals surface area contributed by atoms with Crippen LogP contribution in [0.5, 0.6) is 0 Å². The Morgan fingerprint density at radius 2 is 1.86 bits per heavy atom. The molecule has 0 aliphatic carbocycles. The van der Waals surface area contributed by atoms with Gasteiger partial charge in [-0.05, 0) is 37.6 Å². The first-order valence-electron chi connectivity index (χ1n) is 9.57. The van der Waals surface area contributed by atoms with Crippen molar-refractivity contribution < 1.29 is 30.0 Å². The molecule has 0 aliphatic rings. The first-order chi connectivity index (χ1) is 13.3. The van der Waals surface area contributed by atoms with Crippen LogP contribution in [0.1, 0.15) is 43.9 Å². The molecule has 0 aliphatic heterocycles. The van der Waals surface area contributed by atoms with Gasteiger partial charge >= 0.3 is 0 Å². The molecule has 0 amide bonds. The summed E-state index contributed by atoms with van der Waals surface area (Å²) in [6, 6.07) is 18.4. The topological polar surface area (TPSA) is 50.2 Å². The number of benzene rings is 2. The van der Waals surface area contributed by atoms with Crippen molar-refractivity contribution in [3.63, 3.8) is 0 Å². The summed E-state index contributed by atoms with van der Waals surface area (Å²) < 4.78 is 0. The third kappa shape index (κ3) is 7.56. The first kappa shape index (κ1) is 24.7. The van der Waals surface area contributed by atoms with Crippen LogP contribution in [0.4, 0.5) is 0 Å². The standard InChI is InChI=1S/C20H20N.C5H8O2.Ir/c1-4-6-16-7-5-8-20-18(16)9-10-19(21-20)17-12-14(2)11-15(3)13-17;1-4(6)3-5(2)7;/h5,7-12H,4,6H2,1-3H3;3,6H,1-2H3;/q-1;;/b;4-3-;. The van der Waals surface area contributed by atoms with Gasteiger partial charge in [0.1, 0.15) is 0 Å². The Hall–Kier alpha value is -2.29. The van der Waals surface area contributed by atoms with Crippen molar-refractivity contribution in [2.45, 2.75) is 47.5 Å². The molecule has 1 aromatic heterocycles. The molecule has 4 heteroatoms. The predicted octanol–water partition coefficient (Wildman–Crippen LogP) is 6.31. The van der Waals surface area contributed by atoms with Crippen molar-refractivity contribution in [1.82, 2.24) is 4.98 Å². The Balaban J connectivity index is 0.000000456. The number of allylic oxidation sites excluding steroid dienone is 2. The third-order valence-corrected chi connectivity index (χ3v) is 4.18. The fourth-order valence-corrected chi connectivity index (χ4v) is 3.18. The molecule has 3 rings (SSSR count). The van der Waals surface area contributed by atoms with Crippen LogP contribution in [0.2, 0.25) is 0 Å². The number of aliphatic hydroxyl groups is 1. The van der Waals surface area contributed by atoms with Crippen molar-refractivity contribution in [1.29, 1.82) is 0 Å². The van der Waals surface area contributed by atoms with Crippen LogP contribution in [0.15, 0.2) is 54.3 Å². The normalized spacial score (nSPS) is 10.7. The minimum Gasteiger partial charge on any atom is -0.512 e. The summed E-state index contributed by atoms with van der Waals surface area (Å²) in [5.74, 6) is -0.0625. The summed E-state index contributed by atoms with van der Waals surface area (Å²) in [6.07, 6.45) is 3.43. The van der Waals surface area contributed by atoms with Crippen LogP contribution >= 0.6 is 0 Å². The zero-order valence-corrected chi connectivity index (χ0v) is 20.1. The van der Waals surface area contributed by atoms with Gasteiger partial charge in [-0.3, -0.25) is 9.78 Å². The van der Waals surface area contributed by atoms with Gasteiger partial charge in [-0.15, -0.1) is 34.9 Å². The Labute approximate surface area is 187 Å². The predicted molar refractivity (Wildman–Crippen MR) is 117 cm³/mol. The Morgan fingerprint density at radius 1 is 1.14 bits per heavy atom. The summed E-state index contributed by atoms with van der Waals surface area (Å²) in [7, 11) is 0. The van der Waals surface area contributed by atoms with Crippen LogP contribution in [-0.4, -0.2) is 15.9 Å². The van der Waals surface area contributed by atoms with E-state index in [2.05, 4.69) is 69.3 Å². The number of carbonyl (C=O) groups is 1. The number of nitrogens with zero attached hydrogens (tertiary/aromatic N) is 1. The number of pyridine rings is 1. The van der Waals surface area contributed by atoms with Crippen molar-refractivity contribution in [2.24, 2.45) is 0 Å². The van der Waals surface area contributed by atoms with E-state index < -0.39 is 0 Å². The largest absolute Gasteiger partial charge is 0.512 e. The fourth-order valence-electron chi connectivity index (χ4n) is 3.18. The zero-order chi connectivity index (χ0) is 20.7. The van der Waals surface area contributed by atoms with Crippen LogP contribution in [0, 0.1) is 19.9 Å². The number of rotatable bonds is 4. The number of aryl methyl sites for hydroxylation is 3. The maximum atomic E-state index is 10.0. The quantitative estimate of drug-likeness (QED) is 0.229. The van der Waals surface area contributed by atoms with E-state index in [1.165, 1.54) is 36.4 Å². The molecule has 29 heavy (non-hydrogen) atoms. The van der Waals surface area contributed by atoms with Gasteiger partial charge in [0, 0.05) is 31.6 Å². The second-order valence-electron chi connectivity index (χ2n) is 7.08. The first-order valence-corrected chi connectivity index (χ1v) is 9.57. The summed E-state index contributed by atoms with van der Waals surface area (Å²) >= 11 is 0. The van der Waals surface area contributed by atoms with E-state index in [0.29, 0.717) is 0 Å². The Morgan fingerprint density at radius 3 is 2.41 bits per heavy atom. The number of hydrogen-bond donors (Lipinski definition) is 1. The van der Waals surface area contributed by atoms with Gasteiger partial charge < -0.3 is 5.11 Å². The fraction of sp³-hybridized carbons (Fsp3) is 0.280. The van der Waals surface area contributed by atoms with E-state index >= 15 is 0 Å². The average Bonchev–Trinajstić information content (AvgIpc) is 2.60. The van der Waals surface area contributed by atoms with Crippen molar-refractivity contribution in [3.8, 4) is 11.3 Å². The molecule has 0 bridgehead atoms. The van der Waals surface area contributed by atoms with Crippen LogP contribution in [0.25, 0.3) is 22.2 Å². The van der Waals surface area contributed by atoms with Crippen molar-refractivity contribution in [3.05, 3.63) is 77.1 Å². The van der Waals surface area contributed by atoms with E-state index in [1.807, 2.05) is 0 Å². The second-order valence-corrected chi connectivity index (χ2v) is 7.08. The van der Waals surface area contributed by atoms with Gasteiger partial charge in [-0.1, -0.05) is 51.5 Å². The number of ketones is 1. The molecule has 3 nitrogen and oxygen atoms in total. The van der Waals surface area contributed by atoms with Crippen LogP contribution in [-0.2, 0) is 31.3 Å². The summed E-state index contributed by atoms with van der Waals surface area (Å²) in [4.78, 5) is 14.9. The molecule has 0 atom stereocenters. The Kier molecular flexibility index (Phi) is 9.94. The van der Waals surface area contributed by atoms with Crippen molar-refractivity contribution in [2.75, 3.05) is 0 Å². The number of aliphatic hydroxyl groups excluding tert-OH is 1. The van der Waals surface area contributed by atoms with Gasteiger partial charge in [0.2, 0.25) is 0 Å². The third-order valence-electron chi connectivity index (χ3n) is 4.18. The summed E-state index contributed by atoms with van der Waals surface area (Å²) in [5, 5.41) is 9.63. The van der Waals surface area contributed by atoms with Crippen LogP contribution < -0.4 is 0 Å². The molecule has 3 aromatic rings. The Bertz CT molecular complexity index is 985. The number of hydrogen-bond acceptors (Lipinski definition) is 3. The van der Waals surface area contributed by atoms with E-state index in [-0.39, 0.29) is 31.6 Å². The maximum absolute atomic E-state index is 10.0. The molecule has 0 saturated carbocycles. The second kappa shape index (κ2) is 11.6. The maximum Gasteiger partial charge on any atom is 0.155 e. The van der Waals surface area contributed by atoms with Gasteiger partial charge in [0.25, 0.3) is 0 Å². The molecule has 0 unspecified atom stereocenters. The molecule has 1 radical (unpaired) electrons. The zero-order valence-electron chi connectivity index (χ0n) is 17.7. The minimum atomic E-state index is -0.125. The molecular formula is C25H28IrNO2-. The van der Waals surface area contributed by atoms with E-state index in [0.717, 1.165) is 35.2 Å². The molecule has 1 heterocycles. The molecule has 0 saturated heterocycles. The van der Waals surface area contributed by atoms with Gasteiger partial charge in [-0.2, -0.15) is 0 Å². The van der Waals surface area contributed by atoms with Gasteiger partial charge in [0.15, 0.2) is 5.78 Å². The van der Waals surface area contributed by atoms with E-state index in [4.69, 9.17) is 10.1 Å². The smallest absolute Gasteiger partial charge is 0.155 e. The van der Waals surface area contributed by atoms with Gasteiger partial charge in [0.05, 0.1) is 11.3 Å². The molecule has 2 aromatic carbocycles. The van der Waals surface area contributed by atoms with Gasteiger partial charge in [-0.25, -0.2) is 0 Å². The molecular weight excluding hydrogens is 538 g/mol. The number of carbonyl (C=O) groups excluding carboxylic acids is 1. The SMILES string of the molecule is CC(=O)/C=C(/C)O.CCCc1cccc2nc(-c3[c-]c(C)cc(C)c3)ccc12.[Ir]. The monoisotopic (exact) mass is 567 g/mol. The van der Waals surface area contributed by atoms with E-state index in [1.54, 1.807) is 0 Å². The average molecular weight is 567 g/mol. The summed E-state index contributed by atoms with van der Waals surface area (Å²) in [5.41, 5.74) is 6.96. The molecule has 1 N–H and O–H groups in total. The molecule has 0 spiro atoms. The molecule has 0 fully saturated rings. The number of aromatic nitrogens is 1. The van der Waals surface area contributed by atoms with Crippen molar-refractivity contribution >= 4 is 16.7 Å². The van der Waals surface area contributed by atoms with E-state index in [9.17, 15) is 4.79 Å². The molecule has 155 valence electrons.